The summed E-state index contributed by atoms with van der Waals surface area (Å²) in [4.78, 5) is 0. The third kappa shape index (κ3) is 6.63. The van der Waals surface area contributed by atoms with E-state index in [1.54, 1.807) is 31.2 Å². The Kier molecular flexibility index (Phi) is 6.61. The van der Waals surface area contributed by atoms with E-state index in [1.165, 1.54) is 0 Å². The van der Waals surface area contributed by atoms with Crippen molar-refractivity contribution in [3.8, 4) is 6.07 Å². The molecule has 1 aromatic carbocycles. The van der Waals surface area contributed by atoms with E-state index in [9.17, 15) is 8.42 Å². The Morgan fingerprint density at radius 2 is 1.95 bits per heavy atom. The topological polar surface area (TPSA) is 102 Å². The summed E-state index contributed by atoms with van der Waals surface area (Å²) in [6.07, 6.45) is -0.453. The highest BCUT2D eigenvalue weighted by molar-refractivity contribution is 7.88. The predicted molar refractivity (Wildman–Crippen MR) is 76.3 cm³/mol. The molecule has 7 heteroatoms. The molecule has 3 N–H and O–H groups in total. The van der Waals surface area contributed by atoms with Gasteiger partial charge in [-0.2, -0.15) is 5.26 Å². The molecule has 0 heterocycles. The van der Waals surface area contributed by atoms with Crippen LogP contribution in [0.25, 0.3) is 0 Å². The second-order valence-corrected chi connectivity index (χ2v) is 6.32. The van der Waals surface area contributed by atoms with Crippen molar-refractivity contribution in [1.29, 1.82) is 5.26 Å². The van der Waals surface area contributed by atoms with Gasteiger partial charge in [-0.3, -0.25) is 0 Å². The third-order valence-corrected chi connectivity index (χ3v) is 3.86. The largest absolute Gasteiger partial charge is 0.392 e. The predicted octanol–water partition coefficient (Wildman–Crippen LogP) is -0.0519. The number of nitrogens with zero attached hydrogens (tertiary/aromatic N) is 1. The molecule has 0 aliphatic rings. The molecule has 110 valence electrons. The van der Waals surface area contributed by atoms with E-state index >= 15 is 0 Å². The van der Waals surface area contributed by atoms with Gasteiger partial charge in [-0.1, -0.05) is 12.1 Å². The van der Waals surface area contributed by atoms with Gasteiger partial charge >= 0.3 is 0 Å². The molecule has 0 aromatic heterocycles. The highest BCUT2D eigenvalue weighted by Gasteiger charge is 2.10. The lowest BCUT2D eigenvalue weighted by molar-refractivity contribution is 0.192. The summed E-state index contributed by atoms with van der Waals surface area (Å²) in [5.41, 5.74) is 1.13. The van der Waals surface area contributed by atoms with Crippen LogP contribution in [0.15, 0.2) is 24.3 Å². The fourth-order valence-electron chi connectivity index (χ4n) is 1.55. The van der Waals surface area contributed by atoms with E-state index in [0.29, 0.717) is 24.2 Å². The standard InChI is InChI=1S/C13H19N3O3S/c1-11(17)9-15-6-7-16-20(18,19)10-13-4-2-12(8-14)3-5-13/h2-5,11,15-17H,6-7,9-10H2,1H3. The van der Waals surface area contributed by atoms with Crippen molar-refractivity contribution in [2.24, 2.45) is 0 Å². The van der Waals surface area contributed by atoms with Crippen LogP contribution < -0.4 is 10.0 Å². The summed E-state index contributed by atoms with van der Waals surface area (Å²) in [6, 6.07) is 8.42. The van der Waals surface area contributed by atoms with Gasteiger partial charge in [0.2, 0.25) is 10.0 Å². The number of aliphatic hydroxyl groups excluding tert-OH is 1. The van der Waals surface area contributed by atoms with Gasteiger partial charge in [0.15, 0.2) is 0 Å². The Bertz CT molecular complexity index is 547. The zero-order valence-corrected chi connectivity index (χ0v) is 12.2. The van der Waals surface area contributed by atoms with Crippen LogP contribution in [0.2, 0.25) is 0 Å². The van der Waals surface area contributed by atoms with Crippen molar-refractivity contribution in [2.45, 2.75) is 18.8 Å². The number of hydrogen-bond acceptors (Lipinski definition) is 5. The van der Waals surface area contributed by atoms with Gasteiger partial charge in [-0.25, -0.2) is 13.1 Å². The first-order valence-corrected chi connectivity index (χ1v) is 7.93. The summed E-state index contributed by atoms with van der Waals surface area (Å²) in [6.45, 7) is 2.81. The molecular formula is C13H19N3O3S. The molecule has 0 aliphatic carbocycles. The van der Waals surface area contributed by atoms with Crippen LogP contribution in [-0.2, 0) is 15.8 Å². The summed E-state index contributed by atoms with van der Waals surface area (Å²) in [5.74, 6) is -0.116. The van der Waals surface area contributed by atoms with E-state index in [0.717, 1.165) is 0 Å². The maximum Gasteiger partial charge on any atom is 0.215 e. The Morgan fingerprint density at radius 3 is 2.50 bits per heavy atom. The first-order chi connectivity index (χ1) is 9.43. The number of nitrogens with one attached hydrogen (secondary N) is 2. The lowest BCUT2D eigenvalue weighted by Gasteiger charge is -2.09. The summed E-state index contributed by atoms with van der Waals surface area (Å²) in [7, 11) is -3.39. The van der Waals surface area contributed by atoms with E-state index in [2.05, 4.69) is 10.0 Å². The molecule has 0 fully saturated rings. The minimum atomic E-state index is -3.39. The second kappa shape index (κ2) is 7.97. The first-order valence-electron chi connectivity index (χ1n) is 6.28. The Morgan fingerprint density at radius 1 is 1.30 bits per heavy atom. The maximum atomic E-state index is 11.8. The van der Waals surface area contributed by atoms with Crippen molar-refractivity contribution >= 4 is 10.0 Å². The van der Waals surface area contributed by atoms with Gasteiger partial charge in [0.1, 0.15) is 0 Å². The van der Waals surface area contributed by atoms with Crippen LogP contribution in [0.3, 0.4) is 0 Å². The van der Waals surface area contributed by atoms with Gasteiger partial charge in [-0.15, -0.1) is 0 Å². The number of benzene rings is 1. The van der Waals surface area contributed by atoms with Gasteiger partial charge in [0.05, 0.1) is 23.5 Å². The van der Waals surface area contributed by atoms with Gasteiger partial charge < -0.3 is 10.4 Å². The van der Waals surface area contributed by atoms with E-state index < -0.39 is 16.1 Å². The molecule has 0 saturated heterocycles. The minimum Gasteiger partial charge on any atom is -0.392 e. The van der Waals surface area contributed by atoms with Crippen LogP contribution >= 0.6 is 0 Å². The van der Waals surface area contributed by atoms with Crippen LogP contribution in [0.5, 0.6) is 0 Å². The summed E-state index contributed by atoms with van der Waals surface area (Å²) in [5, 5.41) is 20.6. The van der Waals surface area contributed by atoms with Crippen LogP contribution in [0, 0.1) is 11.3 Å². The molecule has 0 aliphatic heterocycles. The number of aliphatic hydroxyl groups is 1. The molecule has 1 atom stereocenters. The Labute approximate surface area is 119 Å². The van der Waals surface area contributed by atoms with Gasteiger partial charge in [0.25, 0.3) is 0 Å². The number of rotatable bonds is 8. The lowest BCUT2D eigenvalue weighted by atomic mass is 10.2. The fraction of sp³-hybridized carbons (Fsp3) is 0.462. The average Bonchev–Trinajstić information content (AvgIpc) is 2.38. The normalized spacial score (nSPS) is 12.8. The summed E-state index contributed by atoms with van der Waals surface area (Å²) >= 11 is 0. The highest BCUT2D eigenvalue weighted by atomic mass is 32.2. The van der Waals surface area contributed by atoms with Gasteiger partial charge in [0, 0.05) is 19.6 Å². The molecule has 20 heavy (non-hydrogen) atoms. The monoisotopic (exact) mass is 297 g/mol. The number of sulfonamides is 1. The molecule has 0 bridgehead atoms. The van der Waals surface area contributed by atoms with Crippen molar-refractivity contribution in [2.75, 3.05) is 19.6 Å². The smallest absolute Gasteiger partial charge is 0.215 e. The van der Waals surface area contributed by atoms with Crippen molar-refractivity contribution in [3.05, 3.63) is 35.4 Å². The van der Waals surface area contributed by atoms with E-state index in [1.807, 2.05) is 6.07 Å². The zero-order valence-electron chi connectivity index (χ0n) is 11.3. The molecule has 1 rings (SSSR count). The molecule has 0 saturated carbocycles. The van der Waals surface area contributed by atoms with Crippen molar-refractivity contribution in [3.63, 3.8) is 0 Å². The molecule has 1 unspecified atom stereocenters. The fourth-order valence-corrected chi connectivity index (χ4v) is 2.70. The highest BCUT2D eigenvalue weighted by Crippen LogP contribution is 2.06. The van der Waals surface area contributed by atoms with Crippen LogP contribution in [0.4, 0.5) is 0 Å². The number of nitriles is 1. The first kappa shape index (κ1) is 16.6. The SMILES string of the molecule is CC(O)CNCCNS(=O)(=O)Cc1ccc(C#N)cc1. The van der Waals surface area contributed by atoms with Crippen LogP contribution in [-0.4, -0.2) is 39.3 Å². The van der Waals surface area contributed by atoms with Gasteiger partial charge in [-0.05, 0) is 24.6 Å². The van der Waals surface area contributed by atoms with Crippen LogP contribution in [0.1, 0.15) is 18.1 Å². The lowest BCUT2D eigenvalue weighted by Crippen LogP contribution is -2.35. The van der Waals surface area contributed by atoms with Crippen molar-refractivity contribution < 1.29 is 13.5 Å². The summed E-state index contributed by atoms with van der Waals surface area (Å²) < 4.78 is 26.1. The Hall–Kier alpha value is -1.46. The number of hydrogen-bond donors (Lipinski definition) is 3. The second-order valence-electron chi connectivity index (χ2n) is 4.52. The molecule has 0 radical (unpaired) electrons. The van der Waals surface area contributed by atoms with E-state index in [4.69, 9.17) is 10.4 Å². The molecule has 0 spiro atoms. The quantitative estimate of drug-likeness (QED) is 0.584. The third-order valence-electron chi connectivity index (χ3n) is 2.50. The zero-order chi connectivity index (χ0) is 15.0. The molecular weight excluding hydrogens is 278 g/mol. The van der Waals surface area contributed by atoms with Crippen molar-refractivity contribution in [1.82, 2.24) is 10.0 Å². The average molecular weight is 297 g/mol. The van der Waals surface area contributed by atoms with E-state index in [-0.39, 0.29) is 12.3 Å². The molecule has 0 amide bonds. The Balaban J connectivity index is 2.39. The minimum absolute atomic E-state index is 0.116. The molecule has 6 nitrogen and oxygen atoms in total. The maximum absolute atomic E-state index is 11.8. The molecule has 1 aromatic rings.